The third-order valence-electron chi connectivity index (χ3n) is 2.78. The summed E-state index contributed by atoms with van der Waals surface area (Å²) in [6.07, 6.45) is 0. The summed E-state index contributed by atoms with van der Waals surface area (Å²) in [6, 6.07) is 14.3. The largest absolute Gasteiger partial charge is 0.489 e. The molecule has 2 heteroatoms. The van der Waals surface area contributed by atoms with Crippen LogP contribution in [0.5, 0.6) is 5.75 Å². The average molecular weight is 291 g/mol. The number of aryl methyl sites for hydroxylation is 2. The summed E-state index contributed by atoms with van der Waals surface area (Å²) in [5.74, 6) is 0.954. The number of benzene rings is 2. The Morgan fingerprint density at radius 2 is 1.76 bits per heavy atom. The van der Waals surface area contributed by atoms with Crippen LogP contribution in [0.4, 0.5) is 0 Å². The van der Waals surface area contributed by atoms with Gasteiger partial charge in [-0.15, -0.1) is 0 Å². The molecule has 88 valence electrons. The highest BCUT2D eigenvalue weighted by Gasteiger charge is 2.02. The van der Waals surface area contributed by atoms with Crippen LogP contribution in [0.25, 0.3) is 0 Å². The van der Waals surface area contributed by atoms with E-state index in [9.17, 15) is 0 Å². The van der Waals surface area contributed by atoms with Gasteiger partial charge in [0, 0.05) is 4.47 Å². The Kier molecular flexibility index (Phi) is 3.85. The molecule has 0 saturated heterocycles. The van der Waals surface area contributed by atoms with E-state index in [2.05, 4.69) is 48.0 Å². The van der Waals surface area contributed by atoms with E-state index in [1.54, 1.807) is 0 Å². The van der Waals surface area contributed by atoms with E-state index in [1.165, 1.54) is 16.7 Å². The topological polar surface area (TPSA) is 9.23 Å². The molecule has 0 spiro atoms. The Morgan fingerprint density at radius 1 is 1.00 bits per heavy atom. The second-order valence-electron chi connectivity index (χ2n) is 4.12. The number of ether oxygens (including phenoxy) is 1. The van der Waals surface area contributed by atoms with Crippen LogP contribution in [0, 0.1) is 13.8 Å². The molecule has 0 unspecified atom stereocenters. The molecule has 1 nitrogen and oxygen atoms in total. The van der Waals surface area contributed by atoms with Gasteiger partial charge in [-0.3, -0.25) is 0 Å². The molecule has 2 aromatic carbocycles. The quantitative estimate of drug-likeness (QED) is 0.800. The highest BCUT2D eigenvalue weighted by atomic mass is 79.9. The van der Waals surface area contributed by atoms with Crippen LogP contribution < -0.4 is 4.74 Å². The number of hydrogen-bond acceptors (Lipinski definition) is 1. The van der Waals surface area contributed by atoms with E-state index in [4.69, 9.17) is 4.74 Å². The van der Waals surface area contributed by atoms with Crippen molar-refractivity contribution < 1.29 is 4.74 Å². The van der Waals surface area contributed by atoms with Gasteiger partial charge in [0.15, 0.2) is 0 Å². The van der Waals surface area contributed by atoms with Crippen LogP contribution in [0.15, 0.2) is 46.9 Å². The average Bonchev–Trinajstić information content (AvgIpc) is 2.30. The van der Waals surface area contributed by atoms with Gasteiger partial charge in [-0.25, -0.2) is 0 Å². The maximum atomic E-state index is 5.83. The minimum Gasteiger partial charge on any atom is -0.489 e. The number of rotatable bonds is 3. The Balaban J connectivity index is 2.10. The molecule has 0 radical (unpaired) electrons. The van der Waals surface area contributed by atoms with Crippen molar-refractivity contribution in [3.8, 4) is 5.75 Å². The molecule has 0 saturated carbocycles. The van der Waals surface area contributed by atoms with Crippen LogP contribution in [0.3, 0.4) is 0 Å². The monoisotopic (exact) mass is 290 g/mol. The standard InChI is InChI=1S/C15H15BrO/c1-11-5-3-4-6-15(11)17-10-13-7-8-14(16)9-12(13)2/h3-9H,10H2,1-2H3. The van der Waals surface area contributed by atoms with E-state index in [-0.39, 0.29) is 0 Å². The Morgan fingerprint density at radius 3 is 2.47 bits per heavy atom. The Labute approximate surface area is 111 Å². The molecule has 0 heterocycles. The molecule has 0 aliphatic rings. The zero-order valence-electron chi connectivity index (χ0n) is 10.0. The van der Waals surface area contributed by atoms with E-state index in [0.717, 1.165) is 10.2 Å². The van der Waals surface area contributed by atoms with Gasteiger partial charge in [0.25, 0.3) is 0 Å². The van der Waals surface area contributed by atoms with Crippen molar-refractivity contribution >= 4 is 15.9 Å². The predicted molar refractivity (Wildman–Crippen MR) is 74.4 cm³/mol. The molecule has 0 N–H and O–H groups in total. The van der Waals surface area contributed by atoms with Crippen molar-refractivity contribution in [3.63, 3.8) is 0 Å². The summed E-state index contributed by atoms with van der Waals surface area (Å²) in [5, 5.41) is 0. The van der Waals surface area contributed by atoms with Crippen molar-refractivity contribution in [2.24, 2.45) is 0 Å². The molecule has 0 amide bonds. The SMILES string of the molecule is Cc1cc(Br)ccc1COc1ccccc1C. The van der Waals surface area contributed by atoms with Crippen molar-refractivity contribution in [1.82, 2.24) is 0 Å². The molecule has 2 rings (SSSR count). The molecule has 17 heavy (non-hydrogen) atoms. The van der Waals surface area contributed by atoms with Crippen molar-refractivity contribution in [2.75, 3.05) is 0 Å². The summed E-state index contributed by atoms with van der Waals surface area (Å²) in [6.45, 7) is 4.77. The number of halogens is 1. The van der Waals surface area contributed by atoms with Crippen LogP contribution in [-0.2, 0) is 6.61 Å². The van der Waals surface area contributed by atoms with Crippen molar-refractivity contribution in [1.29, 1.82) is 0 Å². The lowest BCUT2D eigenvalue weighted by Crippen LogP contribution is -1.98. The molecule has 0 aliphatic heterocycles. The van der Waals surface area contributed by atoms with Gasteiger partial charge >= 0.3 is 0 Å². The predicted octanol–water partition coefficient (Wildman–Crippen LogP) is 4.64. The van der Waals surface area contributed by atoms with Gasteiger partial charge in [-0.05, 0) is 48.7 Å². The fourth-order valence-electron chi connectivity index (χ4n) is 1.70. The first-order valence-electron chi connectivity index (χ1n) is 5.60. The lowest BCUT2D eigenvalue weighted by molar-refractivity contribution is 0.303. The molecule has 0 aromatic heterocycles. The smallest absolute Gasteiger partial charge is 0.122 e. The van der Waals surface area contributed by atoms with E-state index in [1.807, 2.05) is 24.3 Å². The molecule has 0 fully saturated rings. The Hall–Kier alpha value is -1.28. The van der Waals surface area contributed by atoms with Crippen molar-refractivity contribution in [3.05, 3.63) is 63.6 Å². The minimum absolute atomic E-state index is 0.615. The highest BCUT2D eigenvalue weighted by Crippen LogP contribution is 2.20. The van der Waals surface area contributed by atoms with E-state index >= 15 is 0 Å². The molecular weight excluding hydrogens is 276 g/mol. The molecule has 2 aromatic rings. The second-order valence-corrected chi connectivity index (χ2v) is 5.04. The fraction of sp³-hybridized carbons (Fsp3) is 0.200. The lowest BCUT2D eigenvalue weighted by Gasteiger charge is -2.10. The second kappa shape index (κ2) is 5.37. The normalized spacial score (nSPS) is 10.3. The van der Waals surface area contributed by atoms with Gasteiger partial charge in [0.05, 0.1) is 0 Å². The zero-order chi connectivity index (χ0) is 12.3. The molecular formula is C15H15BrO. The summed E-state index contributed by atoms with van der Waals surface area (Å²) in [4.78, 5) is 0. The minimum atomic E-state index is 0.615. The first-order chi connectivity index (χ1) is 8.16. The van der Waals surface area contributed by atoms with Crippen molar-refractivity contribution in [2.45, 2.75) is 20.5 Å². The van der Waals surface area contributed by atoms with Crippen LogP contribution in [0.2, 0.25) is 0 Å². The van der Waals surface area contributed by atoms with Crippen LogP contribution in [0.1, 0.15) is 16.7 Å². The Bertz CT molecular complexity index is 520. The third kappa shape index (κ3) is 3.10. The van der Waals surface area contributed by atoms with Crippen LogP contribution >= 0.6 is 15.9 Å². The summed E-state index contributed by atoms with van der Waals surface area (Å²) in [5.41, 5.74) is 3.63. The summed E-state index contributed by atoms with van der Waals surface area (Å²) in [7, 11) is 0. The lowest BCUT2D eigenvalue weighted by atomic mass is 10.1. The first kappa shape index (κ1) is 12.2. The third-order valence-corrected chi connectivity index (χ3v) is 3.27. The molecule has 0 bridgehead atoms. The van der Waals surface area contributed by atoms with Crippen LogP contribution in [-0.4, -0.2) is 0 Å². The van der Waals surface area contributed by atoms with Gasteiger partial charge in [0.2, 0.25) is 0 Å². The highest BCUT2D eigenvalue weighted by molar-refractivity contribution is 9.10. The van der Waals surface area contributed by atoms with Gasteiger partial charge in [-0.2, -0.15) is 0 Å². The zero-order valence-corrected chi connectivity index (χ0v) is 11.6. The van der Waals surface area contributed by atoms with Gasteiger partial charge in [-0.1, -0.05) is 40.2 Å². The molecule has 0 aliphatic carbocycles. The fourth-order valence-corrected chi connectivity index (χ4v) is 2.17. The number of para-hydroxylation sites is 1. The summed E-state index contributed by atoms with van der Waals surface area (Å²) < 4.78 is 6.93. The molecule has 0 atom stereocenters. The van der Waals surface area contributed by atoms with Gasteiger partial charge < -0.3 is 4.74 Å². The maximum absolute atomic E-state index is 5.83. The maximum Gasteiger partial charge on any atom is 0.122 e. The number of hydrogen-bond donors (Lipinski definition) is 0. The summed E-state index contributed by atoms with van der Waals surface area (Å²) >= 11 is 3.46. The van der Waals surface area contributed by atoms with E-state index < -0.39 is 0 Å². The van der Waals surface area contributed by atoms with E-state index in [0.29, 0.717) is 6.61 Å². The van der Waals surface area contributed by atoms with Gasteiger partial charge in [0.1, 0.15) is 12.4 Å². The first-order valence-corrected chi connectivity index (χ1v) is 6.39.